The highest BCUT2D eigenvalue weighted by Crippen LogP contribution is 2.57. The number of carboxylic acids is 2. The van der Waals surface area contributed by atoms with Crippen molar-refractivity contribution in [2.45, 2.75) is 177 Å². The van der Waals surface area contributed by atoms with Crippen molar-refractivity contribution in [2.75, 3.05) is 64.5 Å². The van der Waals surface area contributed by atoms with Gasteiger partial charge >= 0.3 is 17.9 Å². The molecule has 1 spiro atoms. The molecule has 2 fully saturated rings. The number of phenols is 2. The maximum absolute atomic E-state index is 14.9. The van der Waals surface area contributed by atoms with E-state index in [1.165, 1.54) is 24.3 Å². The van der Waals surface area contributed by atoms with E-state index >= 15 is 0 Å². The van der Waals surface area contributed by atoms with E-state index in [9.17, 15) is 112 Å². The molecule has 8 rings (SSSR count). The Kier molecular flexibility index (Phi) is 37.0. The van der Waals surface area contributed by atoms with Crippen LogP contribution in [-0.4, -0.2) is 280 Å². The number of amides is 15. The van der Waals surface area contributed by atoms with Crippen LogP contribution in [0.2, 0.25) is 0 Å². The van der Waals surface area contributed by atoms with Crippen LogP contribution in [0.3, 0.4) is 0 Å². The maximum atomic E-state index is 14.9. The van der Waals surface area contributed by atoms with Crippen molar-refractivity contribution in [1.82, 2.24) is 79.3 Å². The summed E-state index contributed by atoms with van der Waals surface area (Å²) in [5, 5.41) is 94.8. The topological polar surface area (TPSA) is 731 Å². The lowest BCUT2D eigenvalue weighted by atomic mass is 9.77. The Morgan fingerprint density at radius 1 is 0.634 bits per heavy atom. The van der Waals surface area contributed by atoms with Gasteiger partial charge in [0.15, 0.2) is 16.7 Å². The van der Waals surface area contributed by atoms with E-state index in [1.54, 1.807) is 88.4 Å². The first-order valence-electron chi connectivity index (χ1n) is 41.6. The van der Waals surface area contributed by atoms with Gasteiger partial charge in [0.1, 0.15) is 102 Å². The number of carbonyl (C=O) groups is 18. The first-order chi connectivity index (χ1) is 62.1. The Labute approximate surface area is 754 Å². The van der Waals surface area contributed by atoms with E-state index < -0.39 is 254 Å². The second-order valence-corrected chi connectivity index (χ2v) is 32.1. The van der Waals surface area contributed by atoms with Gasteiger partial charge in [-0.3, -0.25) is 86.9 Å². The fourth-order valence-corrected chi connectivity index (χ4v) is 14.6. The number of carbonyl (C=O) groups excluding carboxylic acids is 16. The summed E-state index contributed by atoms with van der Waals surface area (Å²) in [6.07, 6.45) is -4.78. The quantitative estimate of drug-likeness (QED) is 0.00646. The molecule has 0 aromatic heterocycles. The first kappa shape index (κ1) is 102. The van der Waals surface area contributed by atoms with Crippen LogP contribution < -0.4 is 102 Å². The van der Waals surface area contributed by atoms with Crippen LogP contribution in [0, 0.1) is 17.2 Å². The lowest BCUT2D eigenvalue weighted by molar-refractivity contribution is -0.143. The molecule has 27 N–H and O–H groups in total. The van der Waals surface area contributed by atoms with Crippen LogP contribution in [0.15, 0.2) is 84.9 Å². The number of phenolic OH excluding ortho intramolecular Hbond substituents is 2. The molecule has 12 atom stereocenters. The smallest absolute Gasteiger partial charge is 0.340 e. The van der Waals surface area contributed by atoms with Crippen molar-refractivity contribution in [3.05, 3.63) is 113 Å². The largest absolute Gasteiger partial charge is 0.508 e. The number of aliphatic carboxylic acids is 2. The van der Waals surface area contributed by atoms with Crippen molar-refractivity contribution in [1.29, 1.82) is 5.41 Å². The van der Waals surface area contributed by atoms with Gasteiger partial charge in [0.25, 0.3) is 0 Å². The highest BCUT2D eigenvalue weighted by molar-refractivity contribution is 7.80. The number of nitrogens with zero attached hydrogens (tertiary/aromatic N) is 1. The lowest BCUT2D eigenvalue weighted by Gasteiger charge is -2.36. The number of fused-ring (bicyclic) bond motifs is 6. The number of guanidine groups is 1. The lowest BCUT2D eigenvalue weighted by Crippen LogP contribution is -2.63. The molecule has 0 aliphatic carbocycles. The minimum atomic E-state index is -2.12. The second kappa shape index (κ2) is 47.6. The number of aliphatic hydroxyl groups is 1. The highest BCUT2D eigenvalue weighted by atomic mass is 32.1. The van der Waals surface area contributed by atoms with E-state index in [0.29, 0.717) is 27.9 Å². The van der Waals surface area contributed by atoms with Gasteiger partial charge in [-0.25, -0.2) is 4.79 Å². The standard InChI is InChI=1S/C83H108N20O27S/c1-39(2)66(101-71(117)50(13-9-23-88-81(86)87)94-76(122)57(37-104)93-63(109)38-128-28-27-127-26-24-89-82(131)92-43-15-18-47-46(30-43)80(126)130-83(47)48-19-16-44(105)31-59(48)129-60-32-45(106)17-20-49(60)83)78(124)102-67(40(3)4)79(125)103-25-10-14-58(103)77(123)100-56-36-90-62(108)33-54(74(120)99-55(35-65(112)113)72(118)91-41(5)69(115)96-52(68(85)114)34-64(110)111)98-73(119)53(29-42-11-7-6-8-12-42)97-70(116)51(95-75(56)121)21-22-61(84)107/h6-8,11-12,15-20,30-32,39-41,50-58,66-67,104-106H,9-10,13-14,21-29,33-38H2,1-5H3,(H2,84,107)(H2,85,114)(H,90,108)(H,91,118)(H,93,109)(H,94,122)(H,95,121)(H,96,115)(H,97,116)(H,98,119)(H,99,120)(H,100,123)(H,101,117)(H,102,124)(H,110,111)(H,112,113)(H4,86,87,88)(H2,89,92,131)/t41-,50-,51-,52-,53-,54-,55-,56-,57-,58-,66-,67-/m0/s1. The van der Waals surface area contributed by atoms with E-state index in [1.807, 2.05) is 5.32 Å². The summed E-state index contributed by atoms with van der Waals surface area (Å²) in [6.45, 7) is 4.81. The van der Waals surface area contributed by atoms with Crippen molar-refractivity contribution >= 4 is 135 Å². The monoisotopic (exact) mass is 1850 g/mol. The van der Waals surface area contributed by atoms with Gasteiger partial charge in [-0.2, -0.15) is 0 Å². The molecule has 4 heterocycles. The second-order valence-electron chi connectivity index (χ2n) is 31.7. The molecule has 4 aromatic rings. The number of aliphatic hydroxyl groups excluding tert-OH is 1. The number of likely N-dealkylation sites (tertiary alicyclic amines) is 1. The third kappa shape index (κ3) is 28.8. The Morgan fingerprint density at radius 2 is 1.24 bits per heavy atom. The van der Waals surface area contributed by atoms with Gasteiger partial charge < -0.3 is 146 Å². The van der Waals surface area contributed by atoms with Gasteiger partial charge in [-0.15, -0.1) is 0 Å². The predicted molar refractivity (Wildman–Crippen MR) is 461 cm³/mol. The summed E-state index contributed by atoms with van der Waals surface area (Å²) in [5.74, 6) is -22.1. The molecule has 0 radical (unpaired) electrons. The molecule has 0 unspecified atom stereocenters. The Bertz CT molecular complexity index is 4930. The number of benzene rings is 4. The fourth-order valence-electron chi connectivity index (χ4n) is 14.4. The molecular weight excluding hydrogens is 1740 g/mol. The number of anilines is 1. The van der Waals surface area contributed by atoms with Crippen LogP contribution in [0.4, 0.5) is 5.69 Å². The van der Waals surface area contributed by atoms with Crippen molar-refractivity contribution in [3.63, 3.8) is 0 Å². The van der Waals surface area contributed by atoms with Crippen molar-refractivity contribution in [2.24, 2.45) is 29.0 Å². The molecule has 15 amide bonds. The number of carboxylic acid groups (broad SMARTS) is 2. The average molecular weight is 1850 g/mol. The zero-order chi connectivity index (χ0) is 96.3. The van der Waals surface area contributed by atoms with Gasteiger partial charge in [0.2, 0.25) is 88.6 Å². The summed E-state index contributed by atoms with van der Waals surface area (Å²) in [7, 11) is 0. The van der Waals surface area contributed by atoms with E-state index in [4.69, 9.17) is 53.8 Å². The summed E-state index contributed by atoms with van der Waals surface area (Å²) in [5.41, 5.74) is 17.1. The summed E-state index contributed by atoms with van der Waals surface area (Å²) in [6, 6.07) is 1.10. The Hall–Kier alpha value is -14.4. The summed E-state index contributed by atoms with van der Waals surface area (Å²) in [4.78, 5) is 247. The molecule has 4 aromatic carbocycles. The minimum absolute atomic E-state index is 0.0128. The number of aromatic hydroxyl groups is 2. The maximum Gasteiger partial charge on any atom is 0.340 e. The van der Waals surface area contributed by atoms with Crippen LogP contribution in [0.25, 0.3) is 0 Å². The van der Waals surface area contributed by atoms with Crippen molar-refractivity contribution < 1.29 is 131 Å². The predicted octanol–water partition coefficient (Wildman–Crippen LogP) is -5.64. The molecular formula is C83H108N20O27S. The third-order valence-electron chi connectivity index (χ3n) is 21.1. The number of ether oxygens (including phenoxy) is 4. The van der Waals surface area contributed by atoms with Crippen LogP contribution in [-0.2, 0) is 108 Å². The Balaban J connectivity index is 0.873. The SMILES string of the molecule is CC(C)[C@H](NC(=O)[C@H](CCCNC(=N)N)NC(=O)[C@H](CO)NC(=O)COCCOCCNC(=S)Nc1ccc2c(c1)C(=O)OC21c2ccc(O)cc2Oc2cc(O)ccc21)C(=O)N[C@H](C(=O)N1CCC[C@H]1C(=O)N[C@H]1CNC(=O)C[C@@H](C(=O)N[C@@H](CC(=O)O)C(=O)N[C@@H](C)C(=O)N[C@@H](CC(=O)O)C(N)=O)NC(=O)[C@H](Cc2ccccc2)NC(=O)[C@H](CCC(N)=O)NC1=O)C(C)C. The number of rotatable bonds is 42. The van der Waals surface area contributed by atoms with E-state index in [2.05, 4.69) is 74.4 Å². The number of hydrogen-bond donors (Lipinski definition) is 24. The number of hydrogen-bond acceptors (Lipinski definition) is 27. The van der Waals surface area contributed by atoms with E-state index in [-0.39, 0.29) is 105 Å². The molecule has 708 valence electrons. The molecule has 131 heavy (non-hydrogen) atoms. The molecule has 0 bridgehead atoms. The number of nitrogens with two attached hydrogens (primary N) is 3. The third-order valence-corrected chi connectivity index (χ3v) is 21.4. The number of thiocarbonyl (C=S) groups is 1. The normalized spacial score (nSPS) is 18.4. The molecule has 47 nitrogen and oxygen atoms in total. The van der Waals surface area contributed by atoms with Crippen LogP contribution >= 0.6 is 12.2 Å². The fraction of sp³-hybridized carbons (Fsp3) is 0.470. The first-order valence-corrected chi connectivity index (χ1v) is 42.1. The van der Waals surface area contributed by atoms with Gasteiger partial charge in [0.05, 0.1) is 51.3 Å². The molecule has 4 aliphatic heterocycles. The number of nitrogens with one attached hydrogen (secondary N) is 16. The zero-order valence-electron chi connectivity index (χ0n) is 71.9. The zero-order valence-corrected chi connectivity index (χ0v) is 72.7. The van der Waals surface area contributed by atoms with Crippen molar-refractivity contribution in [3.8, 4) is 23.0 Å². The van der Waals surface area contributed by atoms with Gasteiger partial charge in [-0.1, -0.05) is 64.1 Å². The van der Waals surface area contributed by atoms with E-state index in [0.717, 1.165) is 11.8 Å². The average Bonchev–Trinajstić information content (AvgIpc) is 1.55. The summed E-state index contributed by atoms with van der Waals surface area (Å²) >= 11 is 5.49. The highest BCUT2D eigenvalue weighted by Gasteiger charge is 2.54. The molecule has 0 saturated carbocycles. The number of esters is 1. The summed E-state index contributed by atoms with van der Waals surface area (Å²) < 4.78 is 23.2. The Morgan fingerprint density at radius 3 is 1.86 bits per heavy atom. The molecule has 2 saturated heterocycles. The molecule has 4 aliphatic rings. The van der Waals surface area contributed by atoms with Gasteiger partial charge in [0, 0.05) is 73.5 Å². The number of primary amides is 2. The van der Waals surface area contributed by atoms with Crippen LogP contribution in [0.1, 0.15) is 125 Å². The minimum Gasteiger partial charge on any atom is -0.508 e. The van der Waals surface area contributed by atoms with Gasteiger partial charge in [-0.05, 0) is 105 Å². The van der Waals surface area contributed by atoms with Crippen LogP contribution in [0.5, 0.6) is 23.0 Å². The molecule has 48 heteroatoms.